The number of carbonyl (C=O) groups is 2. The number of hydrogen-bond donors (Lipinski definition) is 1. The third kappa shape index (κ3) is 4.32. The number of rotatable bonds is 6. The summed E-state index contributed by atoms with van der Waals surface area (Å²) in [6, 6.07) is 14.4. The van der Waals surface area contributed by atoms with Gasteiger partial charge in [-0.3, -0.25) is 9.59 Å². The third-order valence-corrected chi connectivity index (χ3v) is 5.37. The summed E-state index contributed by atoms with van der Waals surface area (Å²) in [7, 11) is 0. The minimum Gasteiger partial charge on any atom is -0.494 e. The van der Waals surface area contributed by atoms with Gasteiger partial charge in [-0.25, -0.2) is 13.7 Å². The van der Waals surface area contributed by atoms with Crippen LogP contribution in [-0.4, -0.2) is 18.4 Å². The van der Waals surface area contributed by atoms with Crippen LogP contribution in [0.5, 0.6) is 5.75 Å². The quantitative estimate of drug-likeness (QED) is 0.470. The summed E-state index contributed by atoms with van der Waals surface area (Å²) in [5.41, 5.74) is 1.43. The van der Waals surface area contributed by atoms with Gasteiger partial charge in [0.2, 0.25) is 0 Å². The first-order valence-electron chi connectivity index (χ1n) is 10.1. The second-order valence-corrected chi connectivity index (χ2v) is 7.77. The zero-order valence-electron chi connectivity index (χ0n) is 17.8. The summed E-state index contributed by atoms with van der Waals surface area (Å²) >= 11 is 6.03. The zero-order valence-corrected chi connectivity index (χ0v) is 18.5. The molecule has 0 spiro atoms. The van der Waals surface area contributed by atoms with Gasteiger partial charge in [-0.05, 0) is 67.4 Å². The Morgan fingerprint density at radius 3 is 2.33 bits per heavy atom. The molecule has 0 unspecified atom stereocenters. The zero-order chi connectivity index (χ0) is 23.7. The maximum Gasteiger partial charge on any atom is 0.282 e. The molecule has 1 heterocycles. The number of aryl methyl sites for hydroxylation is 1. The van der Waals surface area contributed by atoms with Gasteiger partial charge < -0.3 is 10.1 Å². The summed E-state index contributed by atoms with van der Waals surface area (Å²) in [6.07, 6.45) is 0. The van der Waals surface area contributed by atoms with Crippen molar-refractivity contribution in [3.05, 3.63) is 94.1 Å². The Bertz CT molecular complexity index is 1290. The Labute approximate surface area is 194 Å². The molecule has 0 saturated heterocycles. The lowest BCUT2D eigenvalue weighted by molar-refractivity contribution is -0.120. The molecular weight excluding hydrogens is 450 g/mol. The molecule has 0 fully saturated rings. The van der Waals surface area contributed by atoms with Crippen LogP contribution in [0.2, 0.25) is 5.02 Å². The van der Waals surface area contributed by atoms with E-state index in [1.807, 2.05) is 6.92 Å². The molecule has 0 saturated carbocycles. The fourth-order valence-electron chi connectivity index (χ4n) is 3.58. The van der Waals surface area contributed by atoms with E-state index in [4.69, 9.17) is 16.3 Å². The molecule has 1 N–H and O–H groups in total. The lowest BCUT2D eigenvalue weighted by Gasteiger charge is -2.16. The van der Waals surface area contributed by atoms with E-state index in [0.29, 0.717) is 39.6 Å². The minimum atomic E-state index is -1.02. The van der Waals surface area contributed by atoms with E-state index >= 15 is 0 Å². The number of nitrogens with zero attached hydrogens (tertiary/aromatic N) is 1. The van der Waals surface area contributed by atoms with E-state index in [1.54, 1.807) is 49.4 Å². The summed E-state index contributed by atoms with van der Waals surface area (Å²) in [6.45, 7) is 4.12. The van der Waals surface area contributed by atoms with Crippen molar-refractivity contribution in [1.82, 2.24) is 0 Å². The molecule has 33 heavy (non-hydrogen) atoms. The Balaban J connectivity index is 1.83. The van der Waals surface area contributed by atoms with E-state index in [2.05, 4.69) is 5.32 Å². The average molecular weight is 469 g/mol. The number of nitrogens with one attached hydrogen (secondary N) is 1. The van der Waals surface area contributed by atoms with Gasteiger partial charge in [0.05, 0.1) is 17.9 Å². The smallest absolute Gasteiger partial charge is 0.282 e. The molecule has 3 aromatic rings. The summed E-state index contributed by atoms with van der Waals surface area (Å²) in [4.78, 5) is 27.5. The second-order valence-electron chi connectivity index (χ2n) is 7.33. The van der Waals surface area contributed by atoms with Gasteiger partial charge in [0, 0.05) is 16.8 Å². The van der Waals surface area contributed by atoms with Crippen molar-refractivity contribution in [1.29, 1.82) is 0 Å². The highest BCUT2D eigenvalue weighted by Gasteiger charge is 2.41. The Morgan fingerprint density at radius 2 is 1.70 bits per heavy atom. The fourth-order valence-corrected chi connectivity index (χ4v) is 3.81. The van der Waals surface area contributed by atoms with E-state index in [1.165, 1.54) is 0 Å². The number of carbonyl (C=O) groups excluding carboxylic acids is 2. The SMILES string of the molecule is CCOc1ccc(C2=C(Nc3ccc(Cl)cc3C)C(=O)N(c3ccc(F)cc3F)C2=O)cc1. The maximum atomic E-state index is 14.5. The van der Waals surface area contributed by atoms with Crippen LogP contribution in [0.4, 0.5) is 20.2 Å². The van der Waals surface area contributed by atoms with Crippen molar-refractivity contribution >= 4 is 40.4 Å². The lowest BCUT2D eigenvalue weighted by atomic mass is 10.0. The summed E-state index contributed by atoms with van der Waals surface area (Å²) < 4.78 is 33.4. The maximum absolute atomic E-state index is 14.5. The number of anilines is 2. The molecule has 2 amide bonds. The predicted octanol–water partition coefficient (Wildman–Crippen LogP) is 5.72. The van der Waals surface area contributed by atoms with Crippen LogP contribution in [0.15, 0.2) is 66.4 Å². The molecule has 168 valence electrons. The highest BCUT2D eigenvalue weighted by Crippen LogP contribution is 2.36. The summed E-state index contributed by atoms with van der Waals surface area (Å²) in [5, 5.41) is 3.53. The fraction of sp³-hybridized carbons (Fsp3) is 0.120. The van der Waals surface area contributed by atoms with Crippen LogP contribution in [0.1, 0.15) is 18.1 Å². The normalized spacial score (nSPS) is 13.7. The Kier molecular flexibility index (Phi) is 6.16. The minimum absolute atomic E-state index is 0.0293. The predicted molar refractivity (Wildman–Crippen MR) is 123 cm³/mol. The molecule has 0 aliphatic carbocycles. The van der Waals surface area contributed by atoms with E-state index in [9.17, 15) is 18.4 Å². The first-order chi connectivity index (χ1) is 15.8. The van der Waals surface area contributed by atoms with Crippen LogP contribution < -0.4 is 15.0 Å². The van der Waals surface area contributed by atoms with Crippen molar-refractivity contribution in [2.75, 3.05) is 16.8 Å². The highest BCUT2D eigenvalue weighted by molar-refractivity contribution is 6.46. The molecule has 1 aliphatic heterocycles. The van der Waals surface area contributed by atoms with Crippen LogP contribution in [-0.2, 0) is 9.59 Å². The van der Waals surface area contributed by atoms with Gasteiger partial charge in [-0.15, -0.1) is 0 Å². The molecule has 4 rings (SSSR count). The number of imide groups is 1. The van der Waals surface area contributed by atoms with Crippen molar-refractivity contribution in [3.8, 4) is 5.75 Å². The van der Waals surface area contributed by atoms with Gasteiger partial charge in [-0.2, -0.15) is 0 Å². The monoisotopic (exact) mass is 468 g/mol. The number of halogens is 3. The largest absolute Gasteiger partial charge is 0.494 e. The number of benzene rings is 3. The van der Waals surface area contributed by atoms with Gasteiger partial charge in [0.15, 0.2) is 0 Å². The lowest BCUT2D eigenvalue weighted by Crippen LogP contribution is -2.33. The molecular formula is C25H19ClF2N2O3. The molecule has 1 aliphatic rings. The van der Waals surface area contributed by atoms with E-state index in [-0.39, 0.29) is 17.0 Å². The number of ether oxygens (including phenoxy) is 1. The van der Waals surface area contributed by atoms with Crippen molar-refractivity contribution in [2.45, 2.75) is 13.8 Å². The van der Waals surface area contributed by atoms with Crippen LogP contribution >= 0.6 is 11.6 Å². The second kappa shape index (κ2) is 9.03. The van der Waals surface area contributed by atoms with Crippen LogP contribution in [0.25, 0.3) is 5.57 Å². The van der Waals surface area contributed by atoms with Crippen molar-refractivity contribution in [3.63, 3.8) is 0 Å². The molecule has 0 bridgehead atoms. The molecule has 0 radical (unpaired) electrons. The standard InChI is InChI=1S/C25H19ClF2N2O3/c1-3-33-18-8-4-15(5-9-18)22-23(29-20-10-6-16(26)12-14(20)2)25(32)30(24(22)31)21-11-7-17(27)13-19(21)28/h4-13,29H,3H2,1-2H3. The van der Waals surface area contributed by atoms with Gasteiger partial charge in [-0.1, -0.05) is 23.7 Å². The highest BCUT2D eigenvalue weighted by atomic mass is 35.5. The molecule has 3 aromatic carbocycles. The molecule has 8 heteroatoms. The molecule has 5 nitrogen and oxygen atoms in total. The Morgan fingerprint density at radius 1 is 0.970 bits per heavy atom. The van der Waals surface area contributed by atoms with Crippen molar-refractivity contribution in [2.24, 2.45) is 0 Å². The summed E-state index contributed by atoms with van der Waals surface area (Å²) in [5.74, 6) is -2.73. The van der Waals surface area contributed by atoms with Crippen molar-refractivity contribution < 1.29 is 23.1 Å². The molecule has 0 atom stereocenters. The van der Waals surface area contributed by atoms with Crippen LogP contribution in [0.3, 0.4) is 0 Å². The number of amides is 2. The first kappa shape index (κ1) is 22.5. The van der Waals surface area contributed by atoms with E-state index in [0.717, 1.165) is 17.7 Å². The average Bonchev–Trinajstić information content (AvgIpc) is 3.01. The van der Waals surface area contributed by atoms with Gasteiger partial charge in [0.25, 0.3) is 11.8 Å². The Hall–Kier alpha value is -3.71. The number of hydrogen-bond acceptors (Lipinski definition) is 4. The van der Waals surface area contributed by atoms with Crippen LogP contribution in [0, 0.1) is 18.6 Å². The third-order valence-electron chi connectivity index (χ3n) is 5.14. The van der Waals surface area contributed by atoms with E-state index < -0.39 is 23.4 Å². The molecule has 0 aromatic heterocycles. The topological polar surface area (TPSA) is 58.6 Å². The first-order valence-corrected chi connectivity index (χ1v) is 10.5. The van der Waals surface area contributed by atoms with Gasteiger partial charge in [0.1, 0.15) is 23.1 Å². The van der Waals surface area contributed by atoms with Gasteiger partial charge >= 0.3 is 0 Å².